The maximum Gasteiger partial charge on any atom is 0.270 e. The number of nitrogens with two attached hydrogens (primary N) is 1. The van der Waals surface area contributed by atoms with Crippen LogP contribution in [0, 0.1) is 18.3 Å². The number of nitrogen functional groups attached to an aromatic ring is 1. The second kappa shape index (κ2) is 3.34. The lowest BCUT2D eigenvalue weighted by atomic mass is 10.1. The third kappa shape index (κ3) is 1.17. The van der Waals surface area contributed by atoms with Crippen LogP contribution in [0.3, 0.4) is 0 Å². The molecule has 0 bridgehead atoms. The Bertz CT molecular complexity index is 494. The number of nitriles is 1. The van der Waals surface area contributed by atoms with Crippen LogP contribution in [0.1, 0.15) is 21.5 Å². The van der Waals surface area contributed by atoms with E-state index in [1.807, 2.05) is 0 Å². The number of hydrogen-bond acceptors (Lipinski definition) is 4. The van der Waals surface area contributed by atoms with E-state index in [1.165, 1.54) is 14.0 Å². The molecule has 0 fully saturated rings. The molecule has 1 rings (SSSR count). The van der Waals surface area contributed by atoms with Gasteiger partial charge in [-0.15, -0.1) is 0 Å². The molecule has 0 spiro atoms. The van der Waals surface area contributed by atoms with Crippen molar-refractivity contribution >= 4 is 12.1 Å². The summed E-state index contributed by atoms with van der Waals surface area (Å²) >= 11 is 0. The molecule has 0 aliphatic carbocycles. The highest BCUT2D eigenvalue weighted by molar-refractivity contribution is 5.85. The lowest BCUT2D eigenvalue weighted by Crippen LogP contribution is -2.25. The van der Waals surface area contributed by atoms with Crippen LogP contribution in [0.2, 0.25) is 0 Å². The lowest BCUT2D eigenvalue weighted by molar-refractivity contribution is 0.112. The smallest absolute Gasteiger partial charge is 0.270 e. The molecule has 0 aliphatic rings. The number of anilines is 1. The average Bonchev–Trinajstić information content (AvgIpc) is 2.16. The third-order valence-corrected chi connectivity index (χ3v) is 2.16. The predicted octanol–water partition coefficient (Wildman–Crippen LogP) is -0.0399. The van der Waals surface area contributed by atoms with Crippen molar-refractivity contribution in [2.75, 3.05) is 5.73 Å². The summed E-state index contributed by atoms with van der Waals surface area (Å²) in [5, 5.41) is 8.71. The minimum Gasteiger partial charge on any atom is -0.384 e. The maximum atomic E-state index is 11.5. The number of hydrogen-bond donors (Lipinski definition) is 1. The zero-order valence-electron chi connectivity index (χ0n) is 7.87. The number of aromatic nitrogens is 1. The van der Waals surface area contributed by atoms with E-state index in [0.717, 1.165) is 4.57 Å². The Morgan fingerprint density at radius 2 is 2.14 bits per heavy atom. The first kappa shape index (κ1) is 9.99. The molecule has 0 aromatic carbocycles. The molecule has 1 aromatic heterocycles. The molecule has 1 aromatic rings. The predicted molar refractivity (Wildman–Crippen MR) is 50.9 cm³/mol. The molecule has 14 heavy (non-hydrogen) atoms. The molecule has 0 saturated carbocycles. The zero-order valence-corrected chi connectivity index (χ0v) is 7.87. The quantitative estimate of drug-likeness (QED) is 0.631. The summed E-state index contributed by atoms with van der Waals surface area (Å²) in [6.07, 6.45) is 0.547. The molecule has 0 saturated heterocycles. The van der Waals surface area contributed by atoms with Crippen LogP contribution in [0.4, 0.5) is 5.82 Å². The van der Waals surface area contributed by atoms with E-state index in [0.29, 0.717) is 11.8 Å². The van der Waals surface area contributed by atoms with E-state index in [-0.39, 0.29) is 16.9 Å². The number of nitrogens with zero attached hydrogens (tertiary/aromatic N) is 2. The van der Waals surface area contributed by atoms with Crippen molar-refractivity contribution in [1.82, 2.24) is 4.57 Å². The number of carbonyl (C=O) groups is 1. The van der Waals surface area contributed by atoms with Crippen molar-refractivity contribution in [2.24, 2.45) is 7.05 Å². The topological polar surface area (TPSA) is 88.9 Å². The maximum absolute atomic E-state index is 11.5. The first-order valence-corrected chi connectivity index (χ1v) is 3.89. The molecular weight excluding hydrogens is 182 g/mol. The van der Waals surface area contributed by atoms with Gasteiger partial charge in [0.2, 0.25) is 0 Å². The molecule has 0 atom stereocenters. The van der Waals surface area contributed by atoms with Gasteiger partial charge >= 0.3 is 0 Å². The molecule has 0 aliphatic heterocycles. The molecule has 5 heteroatoms. The summed E-state index contributed by atoms with van der Waals surface area (Å²) in [7, 11) is 1.42. The number of pyridine rings is 1. The Hall–Kier alpha value is -2.09. The molecule has 0 amide bonds. The molecule has 1 heterocycles. The van der Waals surface area contributed by atoms with Crippen LogP contribution in [-0.2, 0) is 7.05 Å². The lowest BCUT2D eigenvalue weighted by Gasteiger charge is -2.09. The van der Waals surface area contributed by atoms with Crippen LogP contribution >= 0.6 is 0 Å². The standard InChI is InChI=1S/C9H9N3O2/c1-5-6(3-10)9(14)12(2)8(11)7(5)4-13/h4H,11H2,1-2H3. The third-order valence-electron chi connectivity index (χ3n) is 2.16. The Morgan fingerprint density at radius 1 is 1.57 bits per heavy atom. The van der Waals surface area contributed by atoms with Crippen molar-refractivity contribution in [1.29, 1.82) is 5.26 Å². The van der Waals surface area contributed by atoms with Gasteiger partial charge in [0.05, 0.1) is 5.56 Å². The van der Waals surface area contributed by atoms with Crippen LogP contribution < -0.4 is 11.3 Å². The van der Waals surface area contributed by atoms with Crippen LogP contribution in [0.25, 0.3) is 0 Å². The largest absolute Gasteiger partial charge is 0.384 e. The fourth-order valence-electron chi connectivity index (χ4n) is 1.23. The van der Waals surface area contributed by atoms with E-state index in [1.54, 1.807) is 6.07 Å². The first-order chi connectivity index (χ1) is 6.54. The highest BCUT2D eigenvalue weighted by atomic mass is 16.1. The zero-order chi connectivity index (χ0) is 10.9. The van der Waals surface area contributed by atoms with Gasteiger partial charge in [0.25, 0.3) is 5.56 Å². The average molecular weight is 191 g/mol. The van der Waals surface area contributed by atoms with Gasteiger partial charge in [0.15, 0.2) is 6.29 Å². The summed E-state index contributed by atoms with van der Waals surface area (Å²) in [5.41, 5.74) is 5.56. The number of aldehydes is 1. The summed E-state index contributed by atoms with van der Waals surface area (Å²) < 4.78 is 1.09. The molecule has 0 radical (unpaired) electrons. The molecule has 0 unspecified atom stereocenters. The van der Waals surface area contributed by atoms with Gasteiger partial charge in [0, 0.05) is 7.05 Å². The van der Waals surface area contributed by atoms with Crippen molar-refractivity contribution in [3.05, 3.63) is 27.0 Å². The van der Waals surface area contributed by atoms with E-state index in [2.05, 4.69) is 0 Å². The number of rotatable bonds is 1. The van der Waals surface area contributed by atoms with E-state index in [4.69, 9.17) is 11.0 Å². The second-order valence-corrected chi connectivity index (χ2v) is 2.89. The highest BCUT2D eigenvalue weighted by Gasteiger charge is 2.14. The monoisotopic (exact) mass is 191 g/mol. The van der Waals surface area contributed by atoms with Crippen molar-refractivity contribution in [3.63, 3.8) is 0 Å². The van der Waals surface area contributed by atoms with Gasteiger partial charge in [-0.25, -0.2) is 0 Å². The number of carbonyl (C=O) groups excluding carboxylic acids is 1. The molecule has 72 valence electrons. The van der Waals surface area contributed by atoms with Gasteiger partial charge in [-0.05, 0) is 12.5 Å². The van der Waals surface area contributed by atoms with Crippen LogP contribution in [0.5, 0.6) is 0 Å². The Morgan fingerprint density at radius 3 is 2.57 bits per heavy atom. The summed E-state index contributed by atoms with van der Waals surface area (Å²) in [6.45, 7) is 1.53. The Balaban J connectivity index is 3.85. The fraction of sp³-hybridized carbons (Fsp3) is 0.222. The minimum absolute atomic E-state index is 0.0381. The van der Waals surface area contributed by atoms with Gasteiger partial charge in [-0.1, -0.05) is 0 Å². The second-order valence-electron chi connectivity index (χ2n) is 2.89. The van der Waals surface area contributed by atoms with Crippen molar-refractivity contribution in [2.45, 2.75) is 6.92 Å². The molecule has 5 nitrogen and oxygen atoms in total. The van der Waals surface area contributed by atoms with Crippen LogP contribution in [0.15, 0.2) is 4.79 Å². The molecule has 2 N–H and O–H groups in total. The van der Waals surface area contributed by atoms with Crippen LogP contribution in [-0.4, -0.2) is 10.9 Å². The van der Waals surface area contributed by atoms with Gasteiger partial charge < -0.3 is 5.73 Å². The van der Waals surface area contributed by atoms with E-state index >= 15 is 0 Å². The van der Waals surface area contributed by atoms with Crippen molar-refractivity contribution < 1.29 is 4.79 Å². The molecular formula is C9H9N3O2. The van der Waals surface area contributed by atoms with Gasteiger partial charge in [0.1, 0.15) is 17.5 Å². The minimum atomic E-state index is -0.479. The summed E-state index contributed by atoms with van der Waals surface area (Å²) in [6, 6.07) is 1.76. The Kier molecular flexibility index (Phi) is 2.38. The van der Waals surface area contributed by atoms with E-state index in [9.17, 15) is 9.59 Å². The summed E-state index contributed by atoms with van der Waals surface area (Å²) in [5.74, 6) is 0.0847. The van der Waals surface area contributed by atoms with Gasteiger partial charge in [-0.3, -0.25) is 14.2 Å². The SMILES string of the molecule is Cc1c(C=O)c(N)n(C)c(=O)c1C#N. The highest BCUT2D eigenvalue weighted by Crippen LogP contribution is 2.13. The summed E-state index contributed by atoms with van der Waals surface area (Å²) in [4.78, 5) is 22.1. The first-order valence-electron chi connectivity index (χ1n) is 3.89. The van der Waals surface area contributed by atoms with Gasteiger partial charge in [-0.2, -0.15) is 5.26 Å². The van der Waals surface area contributed by atoms with Crippen molar-refractivity contribution in [3.8, 4) is 6.07 Å². The normalized spacial score (nSPS) is 9.50. The fourth-order valence-corrected chi connectivity index (χ4v) is 1.23. The Labute approximate surface area is 80.4 Å². The van der Waals surface area contributed by atoms with E-state index < -0.39 is 5.56 Å².